The molecule has 0 aliphatic rings. The predicted octanol–water partition coefficient (Wildman–Crippen LogP) is 6.82. The third-order valence-corrected chi connectivity index (χ3v) is 11.8. The van der Waals surface area contributed by atoms with Gasteiger partial charge >= 0.3 is 11.9 Å². The number of hydrogen-bond donors (Lipinski definition) is 6. The van der Waals surface area contributed by atoms with Gasteiger partial charge in [-0.15, -0.1) is 5.92 Å². The predicted molar refractivity (Wildman–Crippen MR) is 222 cm³/mol. The maximum Gasteiger partial charge on any atom is 0.303 e. The van der Waals surface area contributed by atoms with E-state index in [-0.39, 0.29) is 30.9 Å². The van der Waals surface area contributed by atoms with E-state index in [2.05, 4.69) is 35.1 Å². The first-order chi connectivity index (χ1) is 26.7. The smallest absolute Gasteiger partial charge is 0.303 e. The molecule has 0 fully saturated rings. The van der Waals surface area contributed by atoms with Gasteiger partial charge in [0.1, 0.15) is 0 Å². The van der Waals surface area contributed by atoms with Crippen LogP contribution in [-0.2, 0) is 42.5 Å². The highest BCUT2D eigenvalue weighted by Crippen LogP contribution is 2.21. The lowest BCUT2D eigenvalue weighted by Gasteiger charge is -2.11. The molecule has 0 spiro atoms. The number of carboxylic acid groups (broad SMARTS) is 2. The Kier molecular flexibility index (Phi) is 27.0. The van der Waals surface area contributed by atoms with Crippen molar-refractivity contribution in [1.29, 1.82) is 0 Å². The zero-order valence-corrected chi connectivity index (χ0v) is 35.0. The Hall–Kier alpha value is -3.32. The second-order valence-electron chi connectivity index (χ2n) is 14.0. The highest BCUT2D eigenvalue weighted by molar-refractivity contribution is 7.89. The molecule has 2 aromatic rings. The molecular weight excluding hydrogens is 757 g/mol. The Morgan fingerprint density at radius 3 is 1.50 bits per heavy atom. The van der Waals surface area contributed by atoms with Crippen LogP contribution in [0.1, 0.15) is 151 Å². The number of aliphatic carboxylic acids is 2. The minimum Gasteiger partial charge on any atom is -0.481 e. The number of aryl methyl sites for hydroxylation is 2. The number of nitrogens with one attached hydrogen (secondary N) is 2. The lowest BCUT2D eigenvalue weighted by atomic mass is 10.0. The molecule has 6 N–H and O–H groups in total. The molecule has 2 atom stereocenters. The summed E-state index contributed by atoms with van der Waals surface area (Å²) in [7, 11) is -6.74. The average Bonchev–Trinajstić information content (AvgIpc) is 3.16. The monoisotopic (exact) mass is 822 g/mol. The SMILES string of the molecule is CCCCCC(O)c1ccc(CCS(=O)(=O)NCC#CCCCC(=O)O)cc1.CCCCCC(O)c1ccc(CCS(=O)(=O)NCCCCCCC(=O)O)cc1. The average molecular weight is 823 g/mol. The molecule has 0 bridgehead atoms. The van der Waals surface area contributed by atoms with Crippen LogP contribution in [-0.4, -0.2) is 73.8 Å². The molecule has 56 heavy (non-hydrogen) atoms. The summed E-state index contributed by atoms with van der Waals surface area (Å²) in [5, 5.41) is 37.4. The van der Waals surface area contributed by atoms with Gasteiger partial charge in [-0.05, 0) is 67.2 Å². The number of rotatable bonds is 29. The first-order valence-electron chi connectivity index (χ1n) is 20.1. The molecule has 12 nitrogen and oxygen atoms in total. The summed E-state index contributed by atoms with van der Waals surface area (Å²) in [6, 6.07) is 15.0. The van der Waals surface area contributed by atoms with Crippen molar-refractivity contribution < 1.29 is 46.9 Å². The first-order valence-corrected chi connectivity index (χ1v) is 23.4. The molecule has 316 valence electrons. The normalized spacial score (nSPS) is 12.5. The number of unbranched alkanes of at least 4 members (excludes halogenated alkanes) is 8. The van der Waals surface area contributed by atoms with Gasteiger partial charge in [-0.1, -0.05) is 120 Å². The molecule has 0 aliphatic heterocycles. The summed E-state index contributed by atoms with van der Waals surface area (Å²) < 4.78 is 53.2. The van der Waals surface area contributed by atoms with Crippen molar-refractivity contribution >= 4 is 32.0 Å². The molecule has 0 heterocycles. The summed E-state index contributed by atoms with van der Waals surface area (Å²) in [6.45, 7) is 4.67. The molecule has 0 amide bonds. The van der Waals surface area contributed by atoms with Gasteiger partial charge in [0.15, 0.2) is 0 Å². The fourth-order valence-corrected chi connectivity index (χ4v) is 7.62. The Morgan fingerprint density at radius 2 is 1.04 bits per heavy atom. The first kappa shape index (κ1) is 50.7. The third-order valence-electron chi connectivity index (χ3n) is 9.05. The standard InChI is InChI=1S/C21H35NO5S.C21H31NO5S/c2*1-2-3-6-9-20(23)19-13-11-18(12-14-19)15-17-28(26,27)22-16-8-5-4-7-10-21(24)25/h11-14,20,22-23H,2-10,15-17H2,1H3,(H,24,25);11-14,20,22-23H,2-4,6-7,9-10,15-17H2,1H3,(H,24,25). The molecule has 0 aliphatic carbocycles. The minimum atomic E-state index is -3.42. The van der Waals surface area contributed by atoms with E-state index in [1.54, 1.807) is 0 Å². The van der Waals surface area contributed by atoms with E-state index >= 15 is 0 Å². The van der Waals surface area contributed by atoms with E-state index in [4.69, 9.17) is 10.2 Å². The highest BCUT2D eigenvalue weighted by Gasteiger charge is 2.13. The molecule has 2 rings (SSSR count). The Labute approximate surface area is 336 Å². The van der Waals surface area contributed by atoms with E-state index < -0.39 is 44.2 Å². The fraction of sp³-hybridized carbons (Fsp3) is 0.619. The van der Waals surface area contributed by atoms with Crippen LogP contribution in [0.2, 0.25) is 0 Å². The van der Waals surface area contributed by atoms with E-state index in [0.717, 1.165) is 86.5 Å². The second kappa shape index (κ2) is 29.9. The van der Waals surface area contributed by atoms with Gasteiger partial charge in [0.2, 0.25) is 20.0 Å². The van der Waals surface area contributed by atoms with Crippen LogP contribution in [0.25, 0.3) is 0 Å². The van der Waals surface area contributed by atoms with E-state index in [0.29, 0.717) is 45.1 Å². The maximum absolute atomic E-state index is 12.1. The van der Waals surface area contributed by atoms with Crippen molar-refractivity contribution in [1.82, 2.24) is 9.44 Å². The van der Waals surface area contributed by atoms with Crippen LogP contribution in [0.4, 0.5) is 0 Å². The molecule has 0 aromatic heterocycles. The Balaban J connectivity index is 0.000000560. The van der Waals surface area contributed by atoms with Crippen molar-refractivity contribution in [3.63, 3.8) is 0 Å². The maximum atomic E-state index is 12.1. The molecule has 0 saturated heterocycles. The van der Waals surface area contributed by atoms with E-state index in [1.807, 2.05) is 48.5 Å². The fourth-order valence-electron chi connectivity index (χ4n) is 5.58. The molecule has 2 unspecified atom stereocenters. The Morgan fingerprint density at radius 1 is 0.589 bits per heavy atom. The van der Waals surface area contributed by atoms with Crippen molar-refractivity contribution in [3.05, 3.63) is 70.8 Å². The van der Waals surface area contributed by atoms with Crippen LogP contribution in [0.15, 0.2) is 48.5 Å². The van der Waals surface area contributed by atoms with Gasteiger partial charge in [-0.25, -0.2) is 26.3 Å². The number of hydrogen-bond acceptors (Lipinski definition) is 8. The summed E-state index contributed by atoms with van der Waals surface area (Å²) in [5.74, 6) is 3.80. The number of benzene rings is 2. The topological polar surface area (TPSA) is 207 Å². The molecule has 14 heteroatoms. The summed E-state index contributed by atoms with van der Waals surface area (Å²) in [5.41, 5.74) is 3.57. The van der Waals surface area contributed by atoms with Gasteiger partial charge in [-0.3, -0.25) is 9.59 Å². The summed E-state index contributed by atoms with van der Waals surface area (Å²) in [4.78, 5) is 20.8. The number of carboxylic acids is 2. The zero-order chi connectivity index (χ0) is 41.7. The number of aliphatic hydroxyl groups excluding tert-OH is 2. The van der Waals surface area contributed by atoms with Crippen molar-refractivity contribution in [2.75, 3.05) is 24.6 Å². The largest absolute Gasteiger partial charge is 0.481 e. The van der Waals surface area contributed by atoms with Crippen LogP contribution in [0.5, 0.6) is 0 Å². The molecule has 0 radical (unpaired) electrons. The zero-order valence-electron chi connectivity index (χ0n) is 33.4. The van der Waals surface area contributed by atoms with Crippen molar-refractivity contribution in [2.24, 2.45) is 0 Å². The summed E-state index contributed by atoms with van der Waals surface area (Å²) >= 11 is 0. The van der Waals surface area contributed by atoms with Gasteiger partial charge in [0.05, 0.1) is 30.3 Å². The second-order valence-corrected chi connectivity index (χ2v) is 17.9. The van der Waals surface area contributed by atoms with E-state index in [1.165, 1.54) is 0 Å². The van der Waals surface area contributed by atoms with Crippen molar-refractivity contribution in [2.45, 2.75) is 142 Å². The number of sulfonamides is 2. The number of carbonyl (C=O) groups is 2. The lowest BCUT2D eigenvalue weighted by molar-refractivity contribution is -0.138. The van der Waals surface area contributed by atoms with E-state index in [9.17, 15) is 36.6 Å². The van der Waals surface area contributed by atoms with Crippen LogP contribution >= 0.6 is 0 Å². The molecular formula is C42H66N2O10S2. The molecule has 0 saturated carbocycles. The Bertz CT molecular complexity index is 1650. The van der Waals surface area contributed by atoms with Crippen LogP contribution in [0, 0.1) is 11.8 Å². The highest BCUT2D eigenvalue weighted by atomic mass is 32.2. The van der Waals surface area contributed by atoms with Gasteiger partial charge in [0.25, 0.3) is 0 Å². The molecule has 2 aromatic carbocycles. The number of aliphatic hydroxyl groups is 2. The van der Waals surface area contributed by atoms with Crippen LogP contribution < -0.4 is 9.44 Å². The lowest BCUT2D eigenvalue weighted by Crippen LogP contribution is -2.28. The summed E-state index contributed by atoms with van der Waals surface area (Å²) in [6.07, 6.45) is 11.9. The van der Waals surface area contributed by atoms with Crippen molar-refractivity contribution in [3.8, 4) is 11.8 Å². The van der Waals surface area contributed by atoms with Crippen LogP contribution in [0.3, 0.4) is 0 Å². The third kappa shape index (κ3) is 26.5. The minimum absolute atomic E-state index is 0.0261. The van der Waals surface area contributed by atoms with Gasteiger partial charge in [0, 0.05) is 25.8 Å². The van der Waals surface area contributed by atoms with Gasteiger partial charge in [-0.2, -0.15) is 0 Å². The quantitative estimate of drug-likeness (QED) is 0.0373. The van der Waals surface area contributed by atoms with Gasteiger partial charge < -0.3 is 20.4 Å².